The molecule has 0 N–H and O–H groups in total. The van der Waals surface area contributed by atoms with Crippen LogP contribution in [0.25, 0.3) is 0 Å². The molecule has 2 nitrogen and oxygen atoms in total. The highest BCUT2D eigenvalue weighted by molar-refractivity contribution is 6.80. The van der Waals surface area contributed by atoms with Crippen LogP contribution in [-0.2, 0) is 9.53 Å². The lowest BCUT2D eigenvalue weighted by Gasteiger charge is -2.45. The maximum absolute atomic E-state index is 11.6. The number of ether oxygens (including phenoxy) is 1. The summed E-state index contributed by atoms with van der Waals surface area (Å²) in [5, 5.41) is -0.193. The Morgan fingerprint density at radius 1 is 1.40 bits per heavy atom. The first kappa shape index (κ1) is 12.5. The van der Waals surface area contributed by atoms with Crippen molar-refractivity contribution in [2.45, 2.75) is 57.5 Å². The van der Waals surface area contributed by atoms with Crippen molar-refractivity contribution in [2.24, 2.45) is 0 Å². The molecule has 0 radical (unpaired) electrons. The molecule has 0 aromatic heterocycles. The fourth-order valence-electron chi connectivity index (χ4n) is 2.11. The summed E-state index contributed by atoms with van der Waals surface area (Å²) < 4.78 is 5.68. The molecular weight excluding hydrogens is 204 g/mol. The summed E-state index contributed by atoms with van der Waals surface area (Å²) in [5.74, 6) is -0.222. The summed E-state index contributed by atoms with van der Waals surface area (Å²) >= 11 is 0. The van der Waals surface area contributed by atoms with Crippen LogP contribution in [0.3, 0.4) is 0 Å². The summed E-state index contributed by atoms with van der Waals surface area (Å²) in [6.07, 6.45) is 3.49. The second-order valence-electron chi connectivity index (χ2n) is 5.49. The molecule has 0 aromatic carbocycles. The predicted octanol–water partition coefficient (Wildman–Crippen LogP) is 3.30. The highest BCUT2D eigenvalue weighted by atomic mass is 28.3. The number of esters is 1. The van der Waals surface area contributed by atoms with E-state index in [0.717, 1.165) is 6.42 Å². The van der Waals surface area contributed by atoms with Gasteiger partial charge in [0.05, 0.1) is 13.3 Å². The zero-order valence-electron chi connectivity index (χ0n) is 10.4. The van der Waals surface area contributed by atoms with Crippen LogP contribution < -0.4 is 0 Å². The molecule has 0 aliphatic carbocycles. The van der Waals surface area contributed by atoms with Crippen molar-refractivity contribution < 1.29 is 9.53 Å². The molecule has 1 heterocycles. The molecule has 1 aliphatic heterocycles. The third kappa shape index (κ3) is 2.51. The average Bonchev–Trinajstić information content (AvgIpc) is 2.10. The minimum absolute atomic E-state index is 0.193. The third-order valence-electron chi connectivity index (χ3n) is 3.80. The van der Waals surface area contributed by atoms with Gasteiger partial charge in [0.1, 0.15) is 0 Å². The monoisotopic (exact) mass is 226 g/mol. The molecule has 1 saturated heterocycles. The fourth-order valence-corrected chi connectivity index (χ4v) is 5.00. The molecule has 0 saturated carbocycles. The van der Waals surface area contributed by atoms with Crippen molar-refractivity contribution in [3.8, 4) is 0 Å². The second kappa shape index (κ2) is 4.12. The summed E-state index contributed by atoms with van der Waals surface area (Å²) in [7, 11) is -1.44. The zero-order valence-corrected chi connectivity index (χ0v) is 11.4. The lowest BCUT2D eigenvalue weighted by Crippen LogP contribution is -2.56. The van der Waals surface area contributed by atoms with Crippen molar-refractivity contribution in [2.75, 3.05) is 0 Å². The molecule has 0 amide bonds. The maximum Gasteiger partial charge on any atom is 0.333 e. The molecule has 3 heteroatoms. The van der Waals surface area contributed by atoms with Crippen LogP contribution in [0.5, 0.6) is 0 Å². The smallest absolute Gasteiger partial charge is 0.333 e. The van der Waals surface area contributed by atoms with Gasteiger partial charge in [-0.05, 0) is 20.3 Å². The lowest BCUT2D eigenvalue weighted by molar-refractivity contribution is -0.147. The highest BCUT2D eigenvalue weighted by Crippen LogP contribution is 2.39. The molecule has 1 atom stereocenters. The van der Waals surface area contributed by atoms with Crippen molar-refractivity contribution in [3.05, 3.63) is 12.2 Å². The van der Waals surface area contributed by atoms with Gasteiger partial charge in [0, 0.05) is 5.57 Å². The SMILES string of the molecule is C=C(C)C(=O)OC1(C)CCCC[Si]1(C)C. The summed E-state index contributed by atoms with van der Waals surface area (Å²) in [4.78, 5) is 11.6. The Morgan fingerprint density at radius 3 is 2.47 bits per heavy atom. The molecule has 0 spiro atoms. The summed E-state index contributed by atoms with van der Waals surface area (Å²) in [6, 6.07) is 1.26. The Hall–Kier alpha value is -0.573. The summed E-state index contributed by atoms with van der Waals surface area (Å²) in [5.41, 5.74) is 0.506. The first-order valence-electron chi connectivity index (χ1n) is 5.67. The van der Waals surface area contributed by atoms with E-state index in [4.69, 9.17) is 4.74 Å². The molecule has 1 fully saturated rings. The van der Waals surface area contributed by atoms with E-state index in [9.17, 15) is 4.79 Å². The maximum atomic E-state index is 11.6. The molecule has 1 aliphatic rings. The molecule has 1 unspecified atom stereocenters. The zero-order chi connectivity index (χ0) is 11.7. The number of carbonyl (C=O) groups is 1. The van der Waals surface area contributed by atoms with Gasteiger partial charge >= 0.3 is 5.97 Å². The van der Waals surface area contributed by atoms with Crippen LogP contribution in [-0.4, -0.2) is 19.3 Å². The minimum Gasteiger partial charge on any atom is -0.460 e. The van der Waals surface area contributed by atoms with Crippen LogP contribution in [0.15, 0.2) is 12.2 Å². The topological polar surface area (TPSA) is 26.3 Å². The molecule has 0 bridgehead atoms. The molecule has 86 valence electrons. The third-order valence-corrected chi connectivity index (χ3v) is 8.62. The van der Waals surface area contributed by atoms with Crippen molar-refractivity contribution in [1.82, 2.24) is 0 Å². The first-order valence-corrected chi connectivity index (χ1v) is 8.88. The largest absolute Gasteiger partial charge is 0.460 e. The lowest BCUT2D eigenvalue weighted by atomic mass is 10.1. The van der Waals surface area contributed by atoms with E-state index in [1.807, 2.05) is 0 Å². The Balaban J connectivity index is 2.79. The Morgan fingerprint density at radius 2 is 2.00 bits per heavy atom. The second-order valence-corrected chi connectivity index (χ2v) is 10.8. The minimum atomic E-state index is -1.44. The van der Waals surface area contributed by atoms with Crippen LogP contribution in [0, 0.1) is 0 Å². The van der Waals surface area contributed by atoms with Gasteiger partial charge < -0.3 is 4.74 Å². The van der Waals surface area contributed by atoms with E-state index < -0.39 is 8.07 Å². The average molecular weight is 226 g/mol. The Kier molecular flexibility index (Phi) is 3.43. The Bertz CT molecular complexity index is 283. The standard InChI is InChI=1S/C12H22O2Si/c1-10(2)11(13)14-12(3)8-6-7-9-15(12,4)5/h1,6-9H2,2-5H3. The fraction of sp³-hybridized carbons (Fsp3) is 0.750. The van der Waals surface area contributed by atoms with Crippen molar-refractivity contribution in [1.29, 1.82) is 0 Å². The van der Waals surface area contributed by atoms with Gasteiger partial charge in [0.2, 0.25) is 0 Å². The van der Waals surface area contributed by atoms with Gasteiger partial charge in [-0.25, -0.2) is 4.79 Å². The molecule has 15 heavy (non-hydrogen) atoms. The van der Waals surface area contributed by atoms with Crippen LogP contribution in [0.1, 0.15) is 33.1 Å². The van der Waals surface area contributed by atoms with E-state index in [1.165, 1.54) is 18.9 Å². The number of hydrogen-bond donors (Lipinski definition) is 0. The normalized spacial score (nSPS) is 29.6. The molecule has 0 aromatic rings. The Labute approximate surface area is 93.7 Å². The predicted molar refractivity (Wildman–Crippen MR) is 65.5 cm³/mol. The van der Waals surface area contributed by atoms with Gasteiger partial charge in [0.25, 0.3) is 0 Å². The van der Waals surface area contributed by atoms with Crippen LogP contribution in [0.2, 0.25) is 19.1 Å². The van der Waals surface area contributed by atoms with Crippen LogP contribution in [0.4, 0.5) is 0 Å². The van der Waals surface area contributed by atoms with Gasteiger partial charge in [-0.15, -0.1) is 0 Å². The van der Waals surface area contributed by atoms with Gasteiger partial charge in [0.15, 0.2) is 0 Å². The number of carbonyl (C=O) groups excluding carboxylic acids is 1. The van der Waals surface area contributed by atoms with E-state index >= 15 is 0 Å². The van der Waals surface area contributed by atoms with Crippen molar-refractivity contribution >= 4 is 14.0 Å². The highest BCUT2D eigenvalue weighted by Gasteiger charge is 2.47. The van der Waals surface area contributed by atoms with Gasteiger partial charge in [-0.2, -0.15) is 0 Å². The number of hydrogen-bond acceptors (Lipinski definition) is 2. The molecule has 1 rings (SSSR count). The summed E-state index contributed by atoms with van der Waals surface area (Å²) in [6.45, 7) is 12.1. The van der Waals surface area contributed by atoms with Crippen LogP contribution >= 0.6 is 0 Å². The first-order chi connectivity index (χ1) is 6.78. The number of rotatable bonds is 2. The molecular formula is C12H22O2Si. The van der Waals surface area contributed by atoms with E-state index in [1.54, 1.807) is 6.92 Å². The van der Waals surface area contributed by atoms with E-state index in [2.05, 4.69) is 26.6 Å². The van der Waals surface area contributed by atoms with E-state index in [0.29, 0.717) is 5.57 Å². The van der Waals surface area contributed by atoms with Gasteiger partial charge in [-0.3, -0.25) is 0 Å². The van der Waals surface area contributed by atoms with E-state index in [-0.39, 0.29) is 11.2 Å². The van der Waals surface area contributed by atoms with Gasteiger partial charge in [-0.1, -0.05) is 38.6 Å². The van der Waals surface area contributed by atoms with Crippen molar-refractivity contribution in [3.63, 3.8) is 0 Å². The quantitative estimate of drug-likeness (QED) is 0.410.